The van der Waals surface area contributed by atoms with Gasteiger partial charge in [-0.15, -0.1) is 11.8 Å². The van der Waals surface area contributed by atoms with Gasteiger partial charge in [-0.2, -0.15) is 0 Å². The average Bonchev–Trinajstić information content (AvgIpc) is 2.54. The van der Waals surface area contributed by atoms with Gasteiger partial charge in [-0.1, -0.05) is 12.1 Å². The van der Waals surface area contributed by atoms with Crippen molar-refractivity contribution in [2.45, 2.75) is 4.90 Å². The van der Waals surface area contributed by atoms with Gasteiger partial charge in [0.15, 0.2) is 0 Å². The number of carbonyl (C=O) groups is 2. The van der Waals surface area contributed by atoms with Crippen LogP contribution in [0.5, 0.6) is 5.75 Å². The molecule has 0 fully saturated rings. The second-order valence-corrected chi connectivity index (χ2v) is 5.45. The number of nitrogens with one attached hydrogen (secondary N) is 1. The highest BCUT2D eigenvalue weighted by atomic mass is 32.2. The van der Waals surface area contributed by atoms with Crippen LogP contribution in [0.3, 0.4) is 0 Å². The summed E-state index contributed by atoms with van der Waals surface area (Å²) < 4.78 is 5.06. The lowest BCUT2D eigenvalue weighted by Crippen LogP contribution is -2.14. The molecule has 2 rings (SSSR count). The Kier molecular flexibility index (Phi) is 5.43. The minimum atomic E-state index is -0.402. The van der Waals surface area contributed by atoms with E-state index in [0.29, 0.717) is 17.0 Å². The van der Waals surface area contributed by atoms with Gasteiger partial charge in [-0.05, 0) is 36.4 Å². The van der Waals surface area contributed by atoms with E-state index in [-0.39, 0.29) is 11.7 Å². The maximum absolute atomic E-state index is 12.3. The van der Waals surface area contributed by atoms with Crippen LogP contribution in [0.2, 0.25) is 0 Å². The Morgan fingerprint density at radius 3 is 2.45 bits per heavy atom. The van der Waals surface area contributed by atoms with Crippen molar-refractivity contribution in [2.75, 3.05) is 18.2 Å². The topological polar surface area (TPSA) is 81.4 Å². The van der Waals surface area contributed by atoms with Crippen LogP contribution in [0.1, 0.15) is 10.4 Å². The number of para-hydroxylation sites is 1. The Balaban J connectivity index is 2.11. The van der Waals surface area contributed by atoms with Crippen LogP contribution in [-0.2, 0) is 4.79 Å². The average molecular weight is 316 g/mol. The van der Waals surface area contributed by atoms with E-state index in [1.54, 1.807) is 37.4 Å². The van der Waals surface area contributed by atoms with Crippen molar-refractivity contribution in [3.8, 4) is 5.75 Å². The van der Waals surface area contributed by atoms with E-state index < -0.39 is 5.91 Å². The molecule has 0 aliphatic heterocycles. The molecule has 0 aromatic heterocycles. The smallest absolute Gasteiger partial charge is 0.255 e. The van der Waals surface area contributed by atoms with Crippen LogP contribution in [0.15, 0.2) is 53.4 Å². The van der Waals surface area contributed by atoms with E-state index >= 15 is 0 Å². The summed E-state index contributed by atoms with van der Waals surface area (Å²) in [6.07, 6.45) is 0. The zero-order valence-electron chi connectivity index (χ0n) is 12.0. The monoisotopic (exact) mass is 316 g/mol. The molecule has 114 valence electrons. The highest BCUT2D eigenvalue weighted by molar-refractivity contribution is 8.00. The van der Waals surface area contributed by atoms with Crippen molar-refractivity contribution >= 4 is 29.3 Å². The third-order valence-corrected chi connectivity index (χ3v) is 3.95. The van der Waals surface area contributed by atoms with Gasteiger partial charge in [-0.3, -0.25) is 9.59 Å². The maximum Gasteiger partial charge on any atom is 0.255 e. The lowest BCUT2D eigenvalue weighted by molar-refractivity contribution is -0.115. The number of ether oxygens (including phenoxy) is 1. The van der Waals surface area contributed by atoms with Gasteiger partial charge in [0.1, 0.15) is 5.75 Å². The summed E-state index contributed by atoms with van der Waals surface area (Å²) >= 11 is 1.29. The molecule has 0 unspecified atom stereocenters. The molecule has 5 nitrogen and oxygen atoms in total. The number of nitrogens with two attached hydrogens (primary N) is 1. The zero-order valence-corrected chi connectivity index (χ0v) is 12.9. The molecule has 0 spiro atoms. The number of hydrogen-bond acceptors (Lipinski definition) is 4. The lowest BCUT2D eigenvalue weighted by Gasteiger charge is -2.10. The summed E-state index contributed by atoms with van der Waals surface area (Å²) in [5.74, 6) is 0.222. The first-order valence-electron chi connectivity index (χ1n) is 6.55. The molecular formula is C16H16N2O3S. The number of carbonyl (C=O) groups excluding carboxylic acids is 2. The SMILES string of the molecule is COc1ccc(C(=O)Nc2ccccc2SCC(N)=O)cc1. The van der Waals surface area contributed by atoms with E-state index in [1.165, 1.54) is 11.8 Å². The number of methoxy groups -OCH3 is 1. The lowest BCUT2D eigenvalue weighted by atomic mass is 10.2. The Morgan fingerprint density at radius 1 is 1.14 bits per heavy atom. The van der Waals surface area contributed by atoms with E-state index in [4.69, 9.17) is 10.5 Å². The van der Waals surface area contributed by atoms with Crippen molar-refractivity contribution in [2.24, 2.45) is 5.73 Å². The van der Waals surface area contributed by atoms with Crippen molar-refractivity contribution in [3.63, 3.8) is 0 Å². The standard InChI is InChI=1S/C16H16N2O3S/c1-21-12-8-6-11(7-9-12)16(20)18-13-4-2-3-5-14(13)22-10-15(17)19/h2-9H,10H2,1H3,(H2,17,19)(H,18,20). The molecule has 2 aromatic carbocycles. The summed E-state index contributed by atoms with van der Waals surface area (Å²) in [6, 6.07) is 14.1. The van der Waals surface area contributed by atoms with Crippen LogP contribution in [0.4, 0.5) is 5.69 Å². The number of rotatable bonds is 6. The quantitative estimate of drug-likeness (QED) is 0.802. The molecule has 0 aliphatic rings. The van der Waals surface area contributed by atoms with Crippen molar-refractivity contribution in [1.82, 2.24) is 0 Å². The highest BCUT2D eigenvalue weighted by Crippen LogP contribution is 2.27. The van der Waals surface area contributed by atoms with E-state index in [9.17, 15) is 9.59 Å². The van der Waals surface area contributed by atoms with Crippen molar-refractivity contribution in [3.05, 3.63) is 54.1 Å². The van der Waals surface area contributed by atoms with Gasteiger partial charge in [0.2, 0.25) is 5.91 Å². The normalized spacial score (nSPS) is 10.0. The van der Waals surface area contributed by atoms with Crippen LogP contribution >= 0.6 is 11.8 Å². The summed E-state index contributed by atoms with van der Waals surface area (Å²) in [7, 11) is 1.57. The number of primary amides is 1. The molecule has 3 N–H and O–H groups in total. The van der Waals surface area contributed by atoms with Gasteiger partial charge in [0, 0.05) is 10.5 Å². The van der Waals surface area contributed by atoms with Crippen LogP contribution in [0.25, 0.3) is 0 Å². The first-order valence-corrected chi connectivity index (χ1v) is 7.54. The Labute approximate surface area is 132 Å². The third-order valence-electron chi connectivity index (χ3n) is 2.86. The van der Waals surface area contributed by atoms with Crippen LogP contribution < -0.4 is 15.8 Å². The minimum absolute atomic E-state index is 0.162. The number of benzene rings is 2. The number of anilines is 1. The molecule has 0 aliphatic carbocycles. The van der Waals surface area contributed by atoms with Gasteiger partial charge < -0.3 is 15.8 Å². The molecule has 0 saturated heterocycles. The second kappa shape index (κ2) is 7.51. The first kappa shape index (κ1) is 15.9. The van der Waals surface area contributed by atoms with Crippen LogP contribution in [-0.4, -0.2) is 24.7 Å². The molecule has 2 amide bonds. The van der Waals surface area contributed by atoms with Gasteiger partial charge in [0.05, 0.1) is 18.6 Å². The fourth-order valence-corrected chi connectivity index (χ4v) is 2.53. The van der Waals surface area contributed by atoms with E-state index in [0.717, 1.165) is 4.90 Å². The van der Waals surface area contributed by atoms with Gasteiger partial charge in [-0.25, -0.2) is 0 Å². The predicted octanol–water partition coefficient (Wildman–Crippen LogP) is 2.52. The number of hydrogen-bond donors (Lipinski definition) is 2. The third kappa shape index (κ3) is 4.26. The largest absolute Gasteiger partial charge is 0.497 e. The summed E-state index contributed by atoms with van der Waals surface area (Å²) in [4.78, 5) is 23.9. The Hall–Kier alpha value is -2.47. The molecule has 0 bridgehead atoms. The summed E-state index contributed by atoms with van der Waals surface area (Å²) in [5.41, 5.74) is 6.32. The Bertz CT molecular complexity index is 671. The van der Waals surface area contributed by atoms with Crippen molar-refractivity contribution in [1.29, 1.82) is 0 Å². The van der Waals surface area contributed by atoms with E-state index in [2.05, 4.69) is 5.32 Å². The maximum atomic E-state index is 12.3. The zero-order chi connectivity index (χ0) is 15.9. The number of thioether (sulfide) groups is 1. The molecule has 0 heterocycles. The molecule has 2 aromatic rings. The molecule has 6 heteroatoms. The number of amides is 2. The van der Waals surface area contributed by atoms with Crippen LogP contribution in [0, 0.1) is 0 Å². The minimum Gasteiger partial charge on any atom is -0.497 e. The summed E-state index contributed by atoms with van der Waals surface area (Å²) in [6.45, 7) is 0. The molecule has 0 atom stereocenters. The molecular weight excluding hydrogens is 300 g/mol. The fraction of sp³-hybridized carbons (Fsp3) is 0.125. The van der Waals surface area contributed by atoms with Gasteiger partial charge >= 0.3 is 0 Å². The first-order chi connectivity index (χ1) is 10.6. The highest BCUT2D eigenvalue weighted by Gasteiger charge is 2.10. The predicted molar refractivity (Wildman–Crippen MR) is 87.3 cm³/mol. The van der Waals surface area contributed by atoms with Crippen molar-refractivity contribution < 1.29 is 14.3 Å². The Morgan fingerprint density at radius 2 is 1.82 bits per heavy atom. The fourth-order valence-electron chi connectivity index (χ4n) is 1.78. The molecule has 22 heavy (non-hydrogen) atoms. The summed E-state index contributed by atoms with van der Waals surface area (Å²) in [5, 5.41) is 2.84. The van der Waals surface area contributed by atoms with Gasteiger partial charge in [0.25, 0.3) is 5.91 Å². The second-order valence-electron chi connectivity index (χ2n) is 4.43. The molecule has 0 radical (unpaired) electrons. The molecule has 0 saturated carbocycles. The van der Waals surface area contributed by atoms with E-state index in [1.807, 2.05) is 18.2 Å².